The first kappa shape index (κ1) is 49.7. The smallest absolute Gasteiger partial charge is 1.00 e. The third-order valence-electron chi connectivity index (χ3n) is 3.50. The van der Waals surface area contributed by atoms with Gasteiger partial charge in [0.1, 0.15) is 13.1 Å². The molecule has 21 heteroatoms. The van der Waals surface area contributed by atoms with Gasteiger partial charge in [-0.05, 0) is 14.1 Å². The van der Waals surface area contributed by atoms with Crippen LogP contribution in [0.3, 0.4) is 0 Å². The second-order valence-corrected chi connectivity index (χ2v) is 9.72. The number of amidine groups is 1. The van der Waals surface area contributed by atoms with E-state index in [0.717, 1.165) is 45.7 Å². The van der Waals surface area contributed by atoms with Gasteiger partial charge >= 0.3 is 64.4 Å². The monoisotopic (exact) mass is 645 g/mol. The van der Waals surface area contributed by atoms with Crippen LogP contribution < -0.4 is 71.5 Å². The molecule has 2 aliphatic heterocycles. The van der Waals surface area contributed by atoms with Crippen LogP contribution in [0.25, 0.3) is 0 Å². The van der Waals surface area contributed by atoms with Crippen molar-refractivity contribution in [2.45, 2.75) is 11.5 Å². The molecule has 13 nitrogen and oxygen atoms in total. The van der Waals surface area contributed by atoms with Crippen LogP contribution in [0, 0.1) is 11.3 Å². The maximum absolute atomic E-state index is 9.22. The molecule has 35 heavy (non-hydrogen) atoms. The minimum atomic E-state index is -4.41. The fourth-order valence-corrected chi connectivity index (χ4v) is 2.14. The van der Waals surface area contributed by atoms with E-state index in [-0.39, 0.29) is 71.5 Å². The number of hydrogen-bond donors (Lipinski definition) is 0. The zero-order chi connectivity index (χ0) is 26.3. The molecule has 0 aromatic carbocycles. The Kier molecular flexibility index (Phi) is 35.2. The Morgan fingerprint density at radius 2 is 1.23 bits per heavy atom. The van der Waals surface area contributed by atoms with Gasteiger partial charge in [0.25, 0.3) is 0 Å². The molecule has 0 bridgehead atoms. The minimum absolute atomic E-state index is 0. The first-order valence-electron chi connectivity index (χ1n) is 8.39. The maximum atomic E-state index is 9.22. The summed E-state index contributed by atoms with van der Waals surface area (Å²) in [5.74, 6) is 0. The molecule has 0 aromatic rings. The van der Waals surface area contributed by atoms with Crippen molar-refractivity contribution in [3.63, 3.8) is 0 Å². The van der Waals surface area contributed by atoms with E-state index in [4.69, 9.17) is 40.1 Å². The third-order valence-corrected chi connectivity index (χ3v) is 6.05. The third kappa shape index (κ3) is 28.6. The molecule has 2 heterocycles. The molecule has 0 spiro atoms. The van der Waals surface area contributed by atoms with E-state index in [1.165, 1.54) is 6.92 Å². The van der Waals surface area contributed by atoms with Gasteiger partial charge in [0.05, 0.1) is 34.4 Å². The van der Waals surface area contributed by atoms with E-state index in [0.29, 0.717) is 0 Å². The topological polar surface area (TPSA) is 169 Å². The molecule has 0 atom stereocenters. The molecular formula is C14H29Cl4N5Na2O8S2. The molecule has 0 aliphatic carbocycles. The largest absolute Gasteiger partial charge is 1.00 e. The van der Waals surface area contributed by atoms with Crippen molar-refractivity contribution in [1.29, 1.82) is 5.26 Å². The molecule has 0 N–H and O–H groups in total. The summed E-state index contributed by atoms with van der Waals surface area (Å²) in [6.07, 6.45) is 0. The molecule has 0 unspecified atom stereocenters. The Hall–Kier alpha value is 1.78. The normalized spacial score (nSPS) is 16.5. The van der Waals surface area contributed by atoms with Crippen LogP contribution in [0.5, 0.6) is 0 Å². The van der Waals surface area contributed by atoms with Gasteiger partial charge < -0.3 is 21.5 Å². The summed E-state index contributed by atoms with van der Waals surface area (Å²) < 4.78 is 63.3. The Morgan fingerprint density at radius 3 is 1.29 bits per heavy atom. The van der Waals surface area contributed by atoms with E-state index in [1.54, 1.807) is 6.07 Å². The quantitative estimate of drug-likeness (QED) is 0.0694. The Labute approximate surface area is 274 Å². The number of nitrogens with zero attached hydrogens (tertiary/aromatic N) is 5. The fraction of sp³-hybridized carbons (Fsp3) is 0.857. The van der Waals surface area contributed by atoms with Crippen LogP contribution in [-0.4, -0.2) is 124 Å². The molecule has 2 aliphatic rings. The second-order valence-electron chi connectivity index (χ2n) is 5.84. The molecule has 0 amide bonds. The standard InChI is InChI=1S/C5H10Cl2N2.C5H10ClN2.C2H3N.2CH4O4S.ClH.2Na/c1-8-3-4-9(2)5(8,6)7;1-7-3-4-8(2)5(7)6;1-2-3;2*1-5-6(2,3)4;;;/h3-4H2,1-2H3;3-4H2,1-2H3;1H3;2*1H3,(H,2,3,4);1H;;/q;+1;;;;;2*+1/p-3. The second kappa shape index (κ2) is 24.8. The molecule has 0 radical (unpaired) electrons. The van der Waals surface area contributed by atoms with Crippen LogP contribution in [0.15, 0.2) is 0 Å². The Bertz CT molecular complexity index is 789. The number of nitriles is 1. The van der Waals surface area contributed by atoms with Crippen molar-refractivity contribution >= 4 is 60.9 Å². The van der Waals surface area contributed by atoms with Crippen LogP contribution in [0.4, 0.5) is 0 Å². The van der Waals surface area contributed by atoms with Crippen molar-refractivity contribution in [2.75, 3.05) is 68.6 Å². The predicted molar refractivity (Wildman–Crippen MR) is 119 cm³/mol. The Balaban J connectivity index is -0.0000000761. The van der Waals surface area contributed by atoms with Crippen LogP contribution in [-0.2, 0) is 29.2 Å². The van der Waals surface area contributed by atoms with E-state index < -0.39 is 25.4 Å². The van der Waals surface area contributed by atoms with Crippen molar-refractivity contribution in [3.8, 4) is 6.07 Å². The number of rotatable bonds is 2. The summed E-state index contributed by atoms with van der Waals surface area (Å²) in [7, 11) is 0.588. The molecule has 0 saturated carbocycles. The van der Waals surface area contributed by atoms with Gasteiger partial charge in [0.15, 0.2) is 0 Å². The van der Waals surface area contributed by atoms with Gasteiger partial charge in [-0.2, -0.15) is 5.26 Å². The molecule has 1 saturated heterocycles. The van der Waals surface area contributed by atoms with Crippen molar-refractivity contribution in [1.82, 2.24) is 14.7 Å². The van der Waals surface area contributed by atoms with E-state index in [2.05, 4.69) is 8.37 Å². The molecule has 2 rings (SSSR count). The number of likely N-dealkylation sites (N-methyl/N-ethyl adjacent to an activating group) is 4. The fourth-order valence-electron chi connectivity index (χ4n) is 1.64. The summed E-state index contributed by atoms with van der Waals surface area (Å²) in [4.78, 5) is 5.83. The SMILES string of the molecule is CC#N.CN1CCN(C)C1(Cl)Cl.CN1CC[N+](C)=C1Cl.COS(=O)(=O)[O-].COS(=O)(=O)[O-].[Cl-].[Na+].[Na+]. The molecule has 1 fully saturated rings. The van der Waals surface area contributed by atoms with Gasteiger partial charge in [0.2, 0.25) is 25.4 Å². The number of alkyl halides is 2. The van der Waals surface area contributed by atoms with E-state index in [1.807, 2.05) is 47.5 Å². The zero-order valence-corrected chi connectivity index (χ0v) is 29.8. The van der Waals surface area contributed by atoms with E-state index in [9.17, 15) is 25.9 Å². The van der Waals surface area contributed by atoms with Crippen LogP contribution in [0.2, 0.25) is 0 Å². The zero-order valence-electron chi connectivity index (χ0n) is 21.2. The van der Waals surface area contributed by atoms with Gasteiger partial charge in [-0.15, -0.1) is 0 Å². The van der Waals surface area contributed by atoms with Crippen LogP contribution in [0.1, 0.15) is 6.92 Å². The first-order chi connectivity index (χ1) is 14.3. The number of halogens is 4. The van der Waals surface area contributed by atoms with Gasteiger partial charge in [-0.3, -0.25) is 27.6 Å². The van der Waals surface area contributed by atoms with Gasteiger partial charge in [-0.25, -0.2) is 16.8 Å². The summed E-state index contributed by atoms with van der Waals surface area (Å²) >= 11 is 17.6. The van der Waals surface area contributed by atoms with E-state index >= 15 is 0 Å². The minimum Gasteiger partial charge on any atom is -1.00 e. The number of hydrogen-bond acceptors (Lipinski definition) is 12. The van der Waals surface area contributed by atoms with Crippen molar-refractivity contribution in [3.05, 3.63) is 0 Å². The average molecular weight is 647 g/mol. The maximum Gasteiger partial charge on any atom is 1.00 e. The summed E-state index contributed by atoms with van der Waals surface area (Å²) in [5, 5.41) is 8.17. The summed E-state index contributed by atoms with van der Waals surface area (Å²) in [5.41, 5.74) is 0. The predicted octanol–water partition coefficient (Wildman–Crippen LogP) is -9.15. The summed E-state index contributed by atoms with van der Waals surface area (Å²) in [6, 6.07) is 1.75. The molecule has 200 valence electrons. The molecule has 0 aromatic heterocycles. The first-order valence-corrected chi connectivity index (χ1v) is 12.2. The van der Waals surface area contributed by atoms with Crippen molar-refractivity contribution < 1.29 is 110 Å². The van der Waals surface area contributed by atoms with Gasteiger partial charge in [0, 0.05) is 31.6 Å². The van der Waals surface area contributed by atoms with Gasteiger partial charge in [-0.1, -0.05) is 23.2 Å². The molecular weight excluding hydrogens is 618 g/mol. The van der Waals surface area contributed by atoms with Crippen molar-refractivity contribution in [2.24, 2.45) is 0 Å². The summed E-state index contributed by atoms with van der Waals surface area (Å²) in [6.45, 7) is 5.40. The Morgan fingerprint density at radius 1 is 0.971 bits per heavy atom. The van der Waals surface area contributed by atoms with Crippen LogP contribution >= 0.6 is 34.8 Å². The average Bonchev–Trinajstić information content (AvgIpc) is 3.09.